The minimum Gasteiger partial charge on any atom is -0.462 e. The van der Waals surface area contributed by atoms with Crippen molar-refractivity contribution in [1.82, 2.24) is 4.98 Å². The summed E-state index contributed by atoms with van der Waals surface area (Å²) in [5.41, 5.74) is 5.61. The molecule has 1 aromatic rings. The quantitative estimate of drug-likeness (QED) is 0.769. The molecule has 0 aliphatic rings. The molecule has 0 unspecified atom stereocenters. The topological polar surface area (TPSA) is 77.2 Å². The summed E-state index contributed by atoms with van der Waals surface area (Å²) in [6.07, 6.45) is 0. The van der Waals surface area contributed by atoms with Crippen LogP contribution in [0.1, 0.15) is 30.4 Å². The predicted molar refractivity (Wildman–Crippen MR) is 61.2 cm³/mol. The molecule has 0 bridgehead atoms. The van der Waals surface area contributed by atoms with Gasteiger partial charge in [0.2, 0.25) is 0 Å². The summed E-state index contributed by atoms with van der Waals surface area (Å²) in [7, 11) is 0. The van der Waals surface area contributed by atoms with Crippen molar-refractivity contribution in [3.8, 4) is 0 Å². The van der Waals surface area contributed by atoms with Crippen LogP contribution in [-0.4, -0.2) is 23.6 Å². The van der Waals surface area contributed by atoms with Crippen molar-refractivity contribution in [3.05, 3.63) is 4.88 Å². The average molecular weight is 229 g/mol. The first-order chi connectivity index (χ1) is 7.04. The van der Waals surface area contributed by atoms with Gasteiger partial charge < -0.3 is 15.8 Å². The zero-order chi connectivity index (χ0) is 11.4. The van der Waals surface area contributed by atoms with E-state index in [1.54, 1.807) is 6.92 Å². The minimum atomic E-state index is -0.413. The third kappa shape index (κ3) is 3.09. The number of rotatable bonds is 4. The SMILES string of the molecule is CCOC(=O)c1sc(NC(C)C)nc1N. The number of aromatic nitrogens is 1. The van der Waals surface area contributed by atoms with Crippen LogP contribution in [0.15, 0.2) is 0 Å². The monoisotopic (exact) mass is 229 g/mol. The Morgan fingerprint density at radius 1 is 1.67 bits per heavy atom. The van der Waals surface area contributed by atoms with E-state index in [1.165, 1.54) is 11.3 Å². The molecule has 1 heterocycles. The zero-order valence-electron chi connectivity index (χ0n) is 9.03. The van der Waals surface area contributed by atoms with Gasteiger partial charge >= 0.3 is 5.97 Å². The standard InChI is InChI=1S/C9H15N3O2S/c1-4-14-8(13)6-7(10)12-9(15-6)11-5(2)3/h5H,4,10H2,1-3H3,(H,11,12). The van der Waals surface area contributed by atoms with Gasteiger partial charge in [0.1, 0.15) is 0 Å². The Morgan fingerprint density at radius 3 is 2.87 bits per heavy atom. The molecule has 1 rings (SSSR count). The van der Waals surface area contributed by atoms with Gasteiger partial charge in [0.15, 0.2) is 15.8 Å². The van der Waals surface area contributed by atoms with Crippen LogP contribution in [0.25, 0.3) is 0 Å². The smallest absolute Gasteiger partial charge is 0.352 e. The second-order valence-electron chi connectivity index (χ2n) is 3.25. The van der Waals surface area contributed by atoms with Crippen LogP contribution in [0.2, 0.25) is 0 Å². The predicted octanol–water partition coefficient (Wildman–Crippen LogP) is 1.72. The van der Waals surface area contributed by atoms with E-state index >= 15 is 0 Å². The third-order valence-corrected chi connectivity index (χ3v) is 2.51. The maximum atomic E-state index is 11.4. The van der Waals surface area contributed by atoms with Gasteiger partial charge in [0.25, 0.3) is 0 Å². The number of nitrogen functional groups attached to an aromatic ring is 1. The van der Waals surface area contributed by atoms with Gasteiger partial charge in [-0.15, -0.1) is 0 Å². The summed E-state index contributed by atoms with van der Waals surface area (Å²) in [5.74, 6) is -0.189. The van der Waals surface area contributed by atoms with E-state index < -0.39 is 5.97 Å². The van der Waals surface area contributed by atoms with Crippen molar-refractivity contribution in [2.75, 3.05) is 17.7 Å². The molecular formula is C9H15N3O2S. The highest BCUT2D eigenvalue weighted by atomic mass is 32.1. The molecule has 0 spiro atoms. The van der Waals surface area contributed by atoms with Crippen LogP contribution in [0.5, 0.6) is 0 Å². The number of nitrogens with zero attached hydrogens (tertiary/aromatic N) is 1. The number of anilines is 2. The summed E-state index contributed by atoms with van der Waals surface area (Å²) in [6, 6.07) is 0.255. The van der Waals surface area contributed by atoms with Gasteiger partial charge in [0, 0.05) is 6.04 Å². The molecule has 0 aliphatic carbocycles. The van der Waals surface area contributed by atoms with E-state index in [4.69, 9.17) is 10.5 Å². The van der Waals surface area contributed by atoms with Crippen molar-refractivity contribution >= 4 is 28.3 Å². The van der Waals surface area contributed by atoms with E-state index in [0.29, 0.717) is 16.6 Å². The molecule has 84 valence electrons. The van der Waals surface area contributed by atoms with Crippen LogP contribution in [0.4, 0.5) is 10.9 Å². The van der Waals surface area contributed by atoms with E-state index in [9.17, 15) is 4.79 Å². The number of carbonyl (C=O) groups is 1. The van der Waals surface area contributed by atoms with E-state index in [0.717, 1.165) is 0 Å². The molecule has 1 aromatic heterocycles. The van der Waals surface area contributed by atoms with E-state index in [2.05, 4.69) is 10.3 Å². The second-order valence-corrected chi connectivity index (χ2v) is 4.25. The lowest BCUT2D eigenvalue weighted by Crippen LogP contribution is -2.09. The van der Waals surface area contributed by atoms with Crippen molar-refractivity contribution in [1.29, 1.82) is 0 Å². The normalized spacial score (nSPS) is 10.4. The molecule has 0 aliphatic heterocycles. The third-order valence-electron chi connectivity index (χ3n) is 1.53. The highest BCUT2D eigenvalue weighted by molar-refractivity contribution is 7.17. The Kier molecular flexibility index (Phi) is 3.90. The first kappa shape index (κ1) is 11.8. The maximum Gasteiger partial charge on any atom is 0.352 e. The molecule has 0 radical (unpaired) electrons. The Labute approximate surface area is 92.6 Å². The largest absolute Gasteiger partial charge is 0.462 e. The van der Waals surface area contributed by atoms with E-state index in [1.807, 2.05) is 13.8 Å². The minimum absolute atomic E-state index is 0.224. The number of thiazole rings is 1. The lowest BCUT2D eigenvalue weighted by molar-refractivity contribution is 0.0533. The first-order valence-corrected chi connectivity index (χ1v) is 5.56. The lowest BCUT2D eigenvalue weighted by Gasteiger charge is -2.03. The number of esters is 1. The van der Waals surface area contributed by atoms with Crippen molar-refractivity contribution in [2.24, 2.45) is 0 Å². The Hall–Kier alpha value is -1.30. The fourth-order valence-corrected chi connectivity index (χ4v) is 1.91. The Balaban J connectivity index is 2.81. The zero-order valence-corrected chi connectivity index (χ0v) is 9.85. The molecule has 5 nitrogen and oxygen atoms in total. The van der Waals surface area contributed by atoms with Gasteiger partial charge in [-0.1, -0.05) is 11.3 Å². The van der Waals surface area contributed by atoms with Crippen molar-refractivity contribution < 1.29 is 9.53 Å². The Bertz CT molecular complexity index is 349. The fourth-order valence-electron chi connectivity index (χ4n) is 0.984. The van der Waals surface area contributed by atoms with Gasteiger partial charge in [-0.3, -0.25) is 0 Å². The summed E-state index contributed by atoms with van der Waals surface area (Å²) < 4.78 is 4.85. The summed E-state index contributed by atoms with van der Waals surface area (Å²) in [5, 5.41) is 3.73. The number of hydrogen-bond acceptors (Lipinski definition) is 6. The van der Waals surface area contributed by atoms with Gasteiger partial charge in [-0.2, -0.15) is 0 Å². The van der Waals surface area contributed by atoms with Crippen LogP contribution in [-0.2, 0) is 4.74 Å². The molecule has 0 atom stereocenters. The molecule has 3 N–H and O–H groups in total. The van der Waals surface area contributed by atoms with E-state index in [-0.39, 0.29) is 11.9 Å². The fraction of sp³-hybridized carbons (Fsp3) is 0.556. The van der Waals surface area contributed by atoms with Crippen LogP contribution in [0.3, 0.4) is 0 Å². The number of carbonyl (C=O) groups excluding carboxylic acids is 1. The van der Waals surface area contributed by atoms with Gasteiger partial charge in [0.05, 0.1) is 6.61 Å². The maximum absolute atomic E-state index is 11.4. The molecule has 0 saturated heterocycles. The summed E-state index contributed by atoms with van der Waals surface area (Å²) >= 11 is 1.21. The van der Waals surface area contributed by atoms with Crippen molar-refractivity contribution in [3.63, 3.8) is 0 Å². The number of nitrogens with one attached hydrogen (secondary N) is 1. The average Bonchev–Trinajstić information content (AvgIpc) is 2.46. The van der Waals surface area contributed by atoms with Crippen LogP contribution >= 0.6 is 11.3 Å². The molecule has 0 fully saturated rings. The molecular weight excluding hydrogens is 214 g/mol. The number of ether oxygens (including phenoxy) is 1. The number of nitrogens with two attached hydrogens (primary N) is 1. The summed E-state index contributed by atoms with van der Waals surface area (Å²) in [4.78, 5) is 15.8. The van der Waals surface area contributed by atoms with Crippen LogP contribution < -0.4 is 11.1 Å². The van der Waals surface area contributed by atoms with Crippen LogP contribution in [0, 0.1) is 0 Å². The molecule has 0 aromatic carbocycles. The second kappa shape index (κ2) is 4.97. The highest BCUT2D eigenvalue weighted by Gasteiger charge is 2.17. The molecule has 0 saturated carbocycles. The first-order valence-electron chi connectivity index (χ1n) is 4.74. The lowest BCUT2D eigenvalue weighted by atomic mass is 10.4. The molecule has 6 heteroatoms. The Morgan fingerprint density at radius 2 is 2.33 bits per heavy atom. The molecule has 0 amide bonds. The highest BCUT2D eigenvalue weighted by Crippen LogP contribution is 2.25. The van der Waals surface area contributed by atoms with Crippen molar-refractivity contribution in [2.45, 2.75) is 26.8 Å². The number of hydrogen-bond donors (Lipinski definition) is 2. The summed E-state index contributed by atoms with van der Waals surface area (Å²) in [6.45, 7) is 6.06. The molecule has 15 heavy (non-hydrogen) atoms. The van der Waals surface area contributed by atoms with Gasteiger partial charge in [-0.05, 0) is 20.8 Å². The van der Waals surface area contributed by atoms with Gasteiger partial charge in [-0.25, -0.2) is 9.78 Å².